The normalized spacial score (nSPS) is 11.2. The van der Waals surface area contributed by atoms with Gasteiger partial charge in [0.2, 0.25) is 0 Å². The van der Waals surface area contributed by atoms with E-state index in [2.05, 4.69) is 4.72 Å². The Morgan fingerprint density at radius 2 is 1.74 bits per heavy atom. The van der Waals surface area contributed by atoms with Crippen LogP contribution in [0.2, 0.25) is 0 Å². The van der Waals surface area contributed by atoms with Crippen LogP contribution < -0.4 is 9.29 Å². The first-order valence-corrected chi connectivity index (χ1v) is 7.29. The topological polar surface area (TPSA) is 70.3 Å². The van der Waals surface area contributed by atoms with E-state index in [-0.39, 0.29) is 11.5 Å². The van der Waals surface area contributed by atoms with E-state index in [1.165, 1.54) is 12.1 Å². The van der Waals surface area contributed by atoms with Crippen molar-refractivity contribution in [1.82, 2.24) is 0 Å². The molecule has 0 saturated carbocycles. The molecule has 0 unspecified atom stereocenters. The molecule has 100 valence electrons. The van der Waals surface area contributed by atoms with Gasteiger partial charge in [0.05, 0.1) is 12.8 Å². The molecule has 19 heavy (non-hydrogen) atoms. The quantitative estimate of drug-likeness (QED) is 0.794. The van der Waals surface area contributed by atoms with Gasteiger partial charge in [-0.3, -0.25) is 0 Å². The van der Waals surface area contributed by atoms with Crippen LogP contribution in [0, 0.1) is 0 Å². The number of sulfonamides is 1. The van der Waals surface area contributed by atoms with Crippen LogP contribution in [0.5, 0.6) is 0 Å². The van der Waals surface area contributed by atoms with Crippen molar-refractivity contribution in [2.75, 3.05) is 11.3 Å². The van der Waals surface area contributed by atoms with E-state index in [1.54, 1.807) is 47.2 Å². The van der Waals surface area contributed by atoms with Crippen LogP contribution in [-0.2, 0) is 16.6 Å². The van der Waals surface area contributed by atoms with E-state index >= 15 is 0 Å². The number of nitrogens with one attached hydrogen (secondary N) is 1. The first-order chi connectivity index (χ1) is 9.13. The van der Waals surface area contributed by atoms with Gasteiger partial charge in [-0.1, -0.05) is 24.3 Å². The number of benzene rings is 1. The Morgan fingerprint density at radius 3 is 2.42 bits per heavy atom. The van der Waals surface area contributed by atoms with Gasteiger partial charge < -0.3 is 5.11 Å². The Morgan fingerprint density at radius 1 is 1.05 bits per heavy atom. The SMILES string of the molecule is O=S(=O)(Nc1cccc[n+]1CCO)c1ccccc1. The summed E-state index contributed by atoms with van der Waals surface area (Å²) in [4.78, 5) is 0.203. The second-order valence-corrected chi connectivity index (χ2v) is 5.60. The van der Waals surface area contributed by atoms with Crippen molar-refractivity contribution in [1.29, 1.82) is 0 Å². The predicted molar refractivity (Wildman–Crippen MR) is 71.0 cm³/mol. The Balaban J connectivity index is 2.31. The zero-order valence-electron chi connectivity index (χ0n) is 10.2. The van der Waals surface area contributed by atoms with E-state index in [4.69, 9.17) is 5.11 Å². The lowest BCUT2D eigenvalue weighted by Gasteiger charge is -2.06. The summed E-state index contributed by atoms with van der Waals surface area (Å²) in [7, 11) is -3.61. The van der Waals surface area contributed by atoms with Crippen molar-refractivity contribution >= 4 is 15.8 Å². The minimum atomic E-state index is -3.61. The summed E-state index contributed by atoms with van der Waals surface area (Å²) < 4.78 is 28.5. The summed E-state index contributed by atoms with van der Waals surface area (Å²) in [5.41, 5.74) is 0. The van der Waals surface area contributed by atoms with Gasteiger partial charge in [0.25, 0.3) is 5.82 Å². The molecule has 1 aromatic heterocycles. The minimum Gasteiger partial charge on any atom is -0.392 e. The molecule has 0 spiro atoms. The van der Waals surface area contributed by atoms with Crippen molar-refractivity contribution in [3.05, 3.63) is 54.7 Å². The molecule has 0 bridgehead atoms. The predicted octanol–water partition coefficient (Wildman–Crippen LogP) is 0.767. The maximum Gasteiger partial charge on any atom is 0.328 e. The van der Waals surface area contributed by atoms with Crippen LogP contribution in [0.3, 0.4) is 0 Å². The lowest BCUT2D eigenvalue weighted by atomic mass is 10.4. The molecule has 5 nitrogen and oxygen atoms in total. The van der Waals surface area contributed by atoms with Crippen molar-refractivity contribution in [3.63, 3.8) is 0 Å². The van der Waals surface area contributed by atoms with Gasteiger partial charge in [-0.05, 0) is 18.2 Å². The number of rotatable bonds is 5. The molecule has 0 aliphatic rings. The van der Waals surface area contributed by atoms with Gasteiger partial charge in [0.1, 0.15) is 11.4 Å². The first-order valence-electron chi connectivity index (χ1n) is 5.81. The summed E-state index contributed by atoms with van der Waals surface area (Å²) in [5, 5.41) is 8.96. The highest BCUT2D eigenvalue weighted by molar-refractivity contribution is 7.92. The fraction of sp³-hybridized carbons (Fsp3) is 0.154. The molecule has 0 fully saturated rings. The second kappa shape index (κ2) is 5.81. The largest absolute Gasteiger partial charge is 0.392 e. The zero-order chi connectivity index (χ0) is 13.7. The van der Waals surface area contributed by atoms with Gasteiger partial charge in [0.15, 0.2) is 0 Å². The number of hydrogen-bond donors (Lipinski definition) is 2. The molecule has 2 aromatic rings. The molecule has 1 aromatic carbocycles. The van der Waals surface area contributed by atoms with Crippen LogP contribution in [0.25, 0.3) is 0 Å². The molecule has 0 radical (unpaired) electrons. The molecule has 0 aliphatic heterocycles. The number of anilines is 1. The third kappa shape index (κ3) is 3.30. The van der Waals surface area contributed by atoms with Crippen molar-refractivity contribution in [3.8, 4) is 0 Å². The van der Waals surface area contributed by atoms with Crippen LogP contribution >= 0.6 is 0 Å². The van der Waals surface area contributed by atoms with Gasteiger partial charge in [0, 0.05) is 6.07 Å². The molecule has 0 aliphatic carbocycles. The fourth-order valence-electron chi connectivity index (χ4n) is 1.67. The van der Waals surface area contributed by atoms with Crippen LogP contribution in [0.4, 0.5) is 5.82 Å². The maximum absolute atomic E-state index is 12.2. The second-order valence-electron chi connectivity index (χ2n) is 3.92. The molecule has 0 atom stereocenters. The molecular weight excluding hydrogens is 264 g/mol. The molecule has 0 saturated heterocycles. The van der Waals surface area contributed by atoms with Crippen LogP contribution in [0.15, 0.2) is 59.6 Å². The monoisotopic (exact) mass is 279 g/mol. The minimum absolute atomic E-state index is 0.0608. The Hall–Kier alpha value is -1.92. The van der Waals surface area contributed by atoms with E-state index in [0.717, 1.165) is 0 Å². The third-order valence-electron chi connectivity index (χ3n) is 2.57. The molecule has 2 N–H and O–H groups in total. The lowest BCUT2D eigenvalue weighted by Crippen LogP contribution is -2.39. The zero-order valence-corrected chi connectivity index (χ0v) is 11.0. The highest BCUT2D eigenvalue weighted by Crippen LogP contribution is 2.12. The summed E-state index contributed by atoms with van der Waals surface area (Å²) in [5.74, 6) is 0.417. The number of pyridine rings is 1. The molecule has 0 amide bonds. The number of aliphatic hydroxyl groups excluding tert-OH is 1. The van der Waals surface area contributed by atoms with E-state index < -0.39 is 10.0 Å². The van der Waals surface area contributed by atoms with Crippen molar-refractivity contribution < 1.29 is 18.1 Å². The molecule has 2 rings (SSSR count). The van der Waals surface area contributed by atoms with Crippen LogP contribution in [-0.4, -0.2) is 20.1 Å². The summed E-state index contributed by atoms with van der Waals surface area (Å²) in [6.07, 6.45) is 1.71. The van der Waals surface area contributed by atoms with Crippen molar-refractivity contribution in [2.45, 2.75) is 11.4 Å². The Kier molecular flexibility index (Phi) is 4.13. The van der Waals surface area contributed by atoms with Gasteiger partial charge in [-0.2, -0.15) is 13.1 Å². The smallest absolute Gasteiger partial charge is 0.328 e. The fourth-order valence-corrected chi connectivity index (χ4v) is 2.76. The Labute approximate surface area is 112 Å². The van der Waals surface area contributed by atoms with Crippen molar-refractivity contribution in [2.24, 2.45) is 0 Å². The third-order valence-corrected chi connectivity index (χ3v) is 3.94. The maximum atomic E-state index is 12.2. The van der Waals surface area contributed by atoms with E-state index in [1.807, 2.05) is 0 Å². The molecule has 6 heteroatoms. The summed E-state index contributed by atoms with van der Waals surface area (Å²) in [6.45, 7) is 0.266. The standard InChI is InChI=1S/C13H14N2O3S/c16-11-10-15-9-5-4-8-13(15)14-19(17,18)12-6-2-1-3-7-12/h1-9,16H,10-11H2/p+1. The van der Waals surface area contributed by atoms with Crippen LogP contribution in [0.1, 0.15) is 0 Å². The number of aromatic nitrogens is 1. The average Bonchev–Trinajstić information content (AvgIpc) is 2.42. The van der Waals surface area contributed by atoms with Gasteiger partial charge >= 0.3 is 10.0 Å². The van der Waals surface area contributed by atoms with E-state index in [9.17, 15) is 8.42 Å². The summed E-state index contributed by atoms with van der Waals surface area (Å²) >= 11 is 0. The molecule has 1 heterocycles. The number of nitrogens with zero attached hydrogens (tertiary/aromatic N) is 1. The number of hydrogen-bond acceptors (Lipinski definition) is 3. The average molecular weight is 279 g/mol. The first kappa shape index (κ1) is 13.5. The molecular formula is C13H15N2O3S+. The van der Waals surface area contributed by atoms with Gasteiger partial charge in [-0.25, -0.2) is 4.57 Å². The highest BCUT2D eigenvalue weighted by atomic mass is 32.2. The number of aliphatic hydroxyl groups is 1. The van der Waals surface area contributed by atoms with Gasteiger partial charge in [-0.15, -0.1) is 0 Å². The van der Waals surface area contributed by atoms with E-state index in [0.29, 0.717) is 12.4 Å². The summed E-state index contributed by atoms with van der Waals surface area (Å²) in [6, 6.07) is 13.3. The Bertz CT molecular complexity index is 642. The lowest BCUT2D eigenvalue weighted by molar-refractivity contribution is -0.684. The highest BCUT2D eigenvalue weighted by Gasteiger charge is 2.21.